The van der Waals surface area contributed by atoms with Gasteiger partial charge in [-0.3, -0.25) is 9.10 Å². The van der Waals surface area contributed by atoms with Gasteiger partial charge in [0.25, 0.3) is 5.91 Å². The molecule has 0 saturated heterocycles. The van der Waals surface area contributed by atoms with Crippen molar-refractivity contribution >= 4 is 27.8 Å². The molecule has 2 aromatic carbocycles. The molecule has 2 rings (SSSR count). The number of sulfonamides is 1. The maximum Gasteiger partial charge on any atom is 0.260 e. The van der Waals surface area contributed by atoms with E-state index in [1.54, 1.807) is 19.1 Å². The first-order valence-corrected chi connectivity index (χ1v) is 9.64. The van der Waals surface area contributed by atoms with E-state index < -0.39 is 22.5 Å². The highest BCUT2D eigenvalue weighted by Crippen LogP contribution is 2.24. The largest absolute Gasteiger partial charge is 0.271 e. The molecule has 0 aliphatic rings. The van der Waals surface area contributed by atoms with Gasteiger partial charge in [0, 0.05) is 0 Å². The highest BCUT2D eigenvalue weighted by molar-refractivity contribution is 7.92. The standard InChI is InChI=1S/C18H20FN3O3S/c1-13-5-4-6-17(14(13)2)22(26(3,24)25)12-18(23)21-20-11-15-7-9-16(19)10-8-15/h4-11H,12H2,1-3H3,(H,21,23)/b20-11+. The van der Waals surface area contributed by atoms with Crippen LogP contribution >= 0.6 is 0 Å². The van der Waals surface area contributed by atoms with Crippen molar-refractivity contribution in [3.8, 4) is 0 Å². The van der Waals surface area contributed by atoms with Gasteiger partial charge in [0.15, 0.2) is 0 Å². The molecule has 0 radical (unpaired) electrons. The van der Waals surface area contributed by atoms with Crippen molar-refractivity contribution in [1.82, 2.24) is 5.43 Å². The zero-order valence-corrected chi connectivity index (χ0v) is 15.5. The summed E-state index contributed by atoms with van der Waals surface area (Å²) in [7, 11) is -3.66. The van der Waals surface area contributed by atoms with Crippen LogP contribution in [0.2, 0.25) is 0 Å². The number of rotatable bonds is 6. The smallest absolute Gasteiger partial charge is 0.260 e. The van der Waals surface area contributed by atoms with Gasteiger partial charge in [-0.25, -0.2) is 18.2 Å². The molecule has 0 bridgehead atoms. The van der Waals surface area contributed by atoms with Crippen LogP contribution in [0.4, 0.5) is 10.1 Å². The lowest BCUT2D eigenvalue weighted by atomic mass is 10.1. The molecule has 1 amide bonds. The summed E-state index contributed by atoms with van der Waals surface area (Å²) >= 11 is 0. The van der Waals surface area contributed by atoms with Crippen molar-refractivity contribution in [2.24, 2.45) is 5.10 Å². The van der Waals surface area contributed by atoms with Gasteiger partial charge in [-0.05, 0) is 48.7 Å². The van der Waals surface area contributed by atoms with Crippen LogP contribution < -0.4 is 9.73 Å². The predicted molar refractivity (Wildman–Crippen MR) is 100 cm³/mol. The molecule has 0 heterocycles. The summed E-state index contributed by atoms with van der Waals surface area (Å²) in [5.41, 5.74) is 5.03. The van der Waals surface area contributed by atoms with Crippen molar-refractivity contribution in [3.05, 3.63) is 65.0 Å². The minimum atomic E-state index is -3.66. The summed E-state index contributed by atoms with van der Waals surface area (Å²) in [6.07, 6.45) is 2.39. The molecular weight excluding hydrogens is 357 g/mol. The number of halogens is 1. The second-order valence-electron chi connectivity index (χ2n) is 5.83. The highest BCUT2D eigenvalue weighted by atomic mass is 32.2. The first kappa shape index (κ1) is 19.6. The molecule has 6 nitrogen and oxygen atoms in total. The van der Waals surface area contributed by atoms with Gasteiger partial charge in [-0.2, -0.15) is 5.10 Å². The zero-order chi connectivity index (χ0) is 19.3. The van der Waals surface area contributed by atoms with Crippen LogP contribution in [0.5, 0.6) is 0 Å². The fourth-order valence-electron chi connectivity index (χ4n) is 2.28. The van der Waals surface area contributed by atoms with Crippen LogP contribution in [-0.4, -0.2) is 33.3 Å². The molecule has 0 aliphatic carbocycles. The van der Waals surface area contributed by atoms with Crippen LogP contribution in [0.1, 0.15) is 16.7 Å². The maximum atomic E-state index is 12.8. The summed E-state index contributed by atoms with van der Waals surface area (Å²) in [5, 5.41) is 3.77. The van der Waals surface area contributed by atoms with Gasteiger partial charge in [0.1, 0.15) is 12.4 Å². The van der Waals surface area contributed by atoms with Gasteiger partial charge in [-0.1, -0.05) is 24.3 Å². The number of benzene rings is 2. The fraction of sp³-hybridized carbons (Fsp3) is 0.222. The number of hydrogen-bond donors (Lipinski definition) is 1. The lowest BCUT2D eigenvalue weighted by molar-refractivity contribution is -0.119. The topological polar surface area (TPSA) is 78.8 Å². The van der Waals surface area contributed by atoms with E-state index in [-0.39, 0.29) is 5.82 Å². The Labute approximate surface area is 152 Å². The van der Waals surface area contributed by atoms with E-state index in [2.05, 4.69) is 10.5 Å². The van der Waals surface area contributed by atoms with Gasteiger partial charge >= 0.3 is 0 Å². The molecule has 0 saturated carbocycles. The third-order valence-corrected chi connectivity index (χ3v) is 4.93. The Morgan fingerprint density at radius 2 is 1.85 bits per heavy atom. The van der Waals surface area contributed by atoms with Crippen LogP contribution in [0.25, 0.3) is 0 Å². The molecule has 26 heavy (non-hydrogen) atoms. The minimum Gasteiger partial charge on any atom is -0.271 e. The van der Waals surface area contributed by atoms with Crippen molar-refractivity contribution in [2.75, 3.05) is 17.1 Å². The van der Waals surface area contributed by atoms with Crippen molar-refractivity contribution in [3.63, 3.8) is 0 Å². The quantitative estimate of drug-likeness (QED) is 0.620. The summed E-state index contributed by atoms with van der Waals surface area (Å²) in [6.45, 7) is 3.27. The first-order chi connectivity index (χ1) is 12.2. The predicted octanol–water partition coefficient (Wildman–Crippen LogP) is 2.36. The van der Waals surface area contributed by atoms with E-state index in [9.17, 15) is 17.6 Å². The van der Waals surface area contributed by atoms with E-state index >= 15 is 0 Å². The van der Waals surface area contributed by atoms with E-state index in [1.807, 2.05) is 13.0 Å². The summed E-state index contributed by atoms with van der Waals surface area (Å²) in [6, 6.07) is 10.8. The Hall–Kier alpha value is -2.74. The molecule has 0 atom stereocenters. The van der Waals surface area contributed by atoms with Gasteiger partial charge in [-0.15, -0.1) is 0 Å². The highest BCUT2D eigenvalue weighted by Gasteiger charge is 2.22. The first-order valence-electron chi connectivity index (χ1n) is 7.80. The maximum absolute atomic E-state index is 12.8. The van der Waals surface area contributed by atoms with Crippen molar-refractivity contribution in [2.45, 2.75) is 13.8 Å². The number of carbonyl (C=O) groups is 1. The Kier molecular flexibility index (Phi) is 6.10. The SMILES string of the molecule is Cc1cccc(N(CC(=O)N/N=C/c2ccc(F)cc2)S(C)(=O)=O)c1C. The number of aryl methyl sites for hydroxylation is 1. The molecule has 0 spiro atoms. The van der Waals surface area contributed by atoms with E-state index in [4.69, 9.17) is 0 Å². The molecule has 0 fully saturated rings. The lowest BCUT2D eigenvalue weighted by Gasteiger charge is -2.23. The van der Waals surface area contributed by atoms with Gasteiger partial charge in [0.05, 0.1) is 18.2 Å². The monoisotopic (exact) mass is 377 g/mol. The molecule has 0 unspecified atom stereocenters. The number of hydrazone groups is 1. The lowest BCUT2D eigenvalue weighted by Crippen LogP contribution is -2.39. The Morgan fingerprint density at radius 3 is 2.46 bits per heavy atom. The van der Waals surface area contributed by atoms with E-state index in [1.165, 1.54) is 30.5 Å². The number of nitrogens with zero attached hydrogens (tertiary/aromatic N) is 2. The Balaban J connectivity index is 2.12. The third kappa shape index (κ3) is 5.13. The molecule has 8 heteroatoms. The molecule has 0 aromatic heterocycles. The normalized spacial score (nSPS) is 11.5. The van der Waals surface area contributed by atoms with E-state index in [0.717, 1.165) is 21.7 Å². The average Bonchev–Trinajstić information content (AvgIpc) is 2.56. The van der Waals surface area contributed by atoms with Gasteiger partial charge < -0.3 is 0 Å². The van der Waals surface area contributed by atoms with Crippen LogP contribution in [0, 0.1) is 19.7 Å². The molecule has 1 N–H and O–H groups in total. The molecule has 2 aromatic rings. The van der Waals surface area contributed by atoms with Crippen LogP contribution in [0.15, 0.2) is 47.6 Å². The average molecular weight is 377 g/mol. The number of anilines is 1. The zero-order valence-electron chi connectivity index (χ0n) is 14.7. The summed E-state index contributed by atoms with van der Waals surface area (Å²) < 4.78 is 38.1. The number of carbonyl (C=O) groups excluding carboxylic acids is 1. The number of hydrogen-bond acceptors (Lipinski definition) is 4. The Morgan fingerprint density at radius 1 is 1.19 bits per heavy atom. The molecule has 138 valence electrons. The molecule has 0 aliphatic heterocycles. The van der Waals surface area contributed by atoms with Crippen molar-refractivity contribution < 1.29 is 17.6 Å². The second-order valence-corrected chi connectivity index (χ2v) is 7.74. The van der Waals surface area contributed by atoms with Crippen LogP contribution in [0.3, 0.4) is 0 Å². The van der Waals surface area contributed by atoms with Crippen LogP contribution in [-0.2, 0) is 14.8 Å². The Bertz CT molecular complexity index is 925. The second kappa shape index (κ2) is 8.09. The summed E-state index contributed by atoms with van der Waals surface area (Å²) in [4.78, 5) is 12.1. The number of amides is 1. The van der Waals surface area contributed by atoms with Crippen molar-refractivity contribution in [1.29, 1.82) is 0 Å². The summed E-state index contributed by atoms with van der Waals surface area (Å²) in [5.74, 6) is -0.960. The third-order valence-electron chi connectivity index (χ3n) is 3.81. The minimum absolute atomic E-state index is 0.372. The fourth-order valence-corrected chi connectivity index (χ4v) is 3.19. The van der Waals surface area contributed by atoms with Gasteiger partial charge in [0.2, 0.25) is 10.0 Å². The number of nitrogens with one attached hydrogen (secondary N) is 1. The van der Waals surface area contributed by atoms with E-state index in [0.29, 0.717) is 11.3 Å². The molecular formula is C18H20FN3O3S.